The second kappa shape index (κ2) is 8.24. The number of aliphatic hydroxyl groups is 2. The lowest BCUT2D eigenvalue weighted by Crippen LogP contribution is -2.33. The Morgan fingerprint density at radius 3 is 2.73 bits per heavy atom. The maximum Gasteiger partial charge on any atom is 0.311 e. The van der Waals surface area contributed by atoms with Gasteiger partial charge in [-0.05, 0) is 20.8 Å². The van der Waals surface area contributed by atoms with Crippen molar-refractivity contribution >= 4 is 14.0 Å². The Labute approximate surface area is 150 Å². The number of hydrogen-bond acceptors (Lipinski definition) is 10. The summed E-state index contributed by atoms with van der Waals surface area (Å²) in [4.78, 5) is 15.3. The number of nitriles is 1. The van der Waals surface area contributed by atoms with E-state index >= 15 is 0 Å². The Morgan fingerprint density at radius 1 is 1.46 bits per heavy atom. The van der Waals surface area contributed by atoms with Crippen LogP contribution in [-0.2, 0) is 23.4 Å². The molecule has 1 fully saturated rings. The number of rotatable bonds is 6. The van der Waals surface area contributed by atoms with Gasteiger partial charge in [-0.3, -0.25) is 9.36 Å². The molecule has 0 radical (unpaired) electrons. The first-order valence-electron chi connectivity index (χ1n) is 7.79. The zero-order valence-corrected chi connectivity index (χ0v) is 15.5. The Morgan fingerprint density at radius 2 is 2.15 bits per heavy atom. The van der Waals surface area contributed by atoms with Crippen LogP contribution in [0.15, 0.2) is 6.33 Å². The average molecular weight is 388 g/mol. The van der Waals surface area contributed by atoms with E-state index in [-0.39, 0.29) is 18.8 Å². The van der Waals surface area contributed by atoms with Crippen molar-refractivity contribution in [2.24, 2.45) is 5.41 Å². The Kier molecular flexibility index (Phi) is 6.49. The topological polar surface area (TPSA) is 157 Å². The first-order chi connectivity index (χ1) is 12.1. The SMILES string of the molecule is CC(C)(C)C(=O)OC[PH](=O)OC[C@H]1O[C@@H](n2cnc(C#N)n2)[C@H](O)[C@@H]1O. The normalized spacial score (nSPS) is 27.1. The molecule has 1 aliphatic rings. The van der Waals surface area contributed by atoms with E-state index in [4.69, 9.17) is 19.3 Å². The summed E-state index contributed by atoms with van der Waals surface area (Å²) in [6.45, 7) is 4.72. The molecule has 1 aliphatic heterocycles. The third kappa shape index (κ3) is 4.87. The molecule has 2 rings (SSSR count). The predicted molar refractivity (Wildman–Crippen MR) is 86.0 cm³/mol. The van der Waals surface area contributed by atoms with E-state index in [1.807, 2.05) is 0 Å². The number of aromatic nitrogens is 3. The lowest BCUT2D eigenvalue weighted by atomic mass is 9.98. The fraction of sp³-hybridized carbons (Fsp3) is 0.714. The van der Waals surface area contributed by atoms with Gasteiger partial charge < -0.3 is 24.2 Å². The molecular weight excluding hydrogens is 367 g/mol. The van der Waals surface area contributed by atoms with Crippen LogP contribution < -0.4 is 0 Å². The van der Waals surface area contributed by atoms with Gasteiger partial charge in [-0.2, -0.15) is 5.26 Å². The number of aliphatic hydroxyl groups excluding tert-OH is 2. The van der Waals surface area contributed by atoms with E-state index in [1.165, 1.54) is 6.33 Å². The molecule has 1 saturated heterocycles. The van der Waals surface area contributed by atoms with Crippen molar-refractivity contribution in [2.75, 3.05) is 13.0 Å². The third-order valence-electron chi connectivity index (χ3n) is 3.55. The van der Waals surface area contributed by atoms with Crippen molar-refractivity contribution < 1.29 is 33.6 Å². The zero-order chi connectivity index (χ0) is 19.5. The summed E-state index contributed by atoms with van der Waals surface area (Å²) in [6.07, 6.45) is -3.88. The van der Waals surface area contributed by atoms with Gasteiger partial charge in [0.25, 0.3) is 5.82 Å². The van der Waals surface area contributed by atoms with Gasteiger partial charge in [-0.1, -0.05) is 0 Å². The summed E-state index contributed by atoms with van der Waals surface area (Å²) < 4.78 is 28.4. The molecule has 5 atom stereocenters. The van der Waals surface area contributed by atoms with Crippen LogP contribution in [0, 0.1) is 16.7 Å². The molecule has 0 spiro atoms. The highest BCUT2D eigenvalue weighted by Gasteiger charge is 2.44. The fourth-order valence-electron chi connectivity index (χ4n) is 2.09. The van der Waals surface area contributed by atoms with Crippen LogP contribution in [-0.4, -0.2) is 62.2 Å². The maximum atomic E-state index is 11.8. The van der Waals surface area contributed by atoms with Crippen LogP contribution in [0.25, 0.3) is 0 Å². The van der Waals surface area contributed by atoms with Gasteiger partial charge in [-0.25, -0.2) is 9.67 Å². The predicted octanol–water partition coefficient (Wildman–Crippen LogP) is -0.193. The van der Waals surface area contributed by atoms with Crippen LogP contribution >= 0.6 is 8.03 Å². The van der Waals surface area contributed by atoms with Gasteiger partial charge in [0.15, 0.2) is 12.6 Å². The summed E-state index contributed by atoms with van der Waals surface area (Å²) in [5.74, 6) is -0.618. The standard InChI is InChI=1S/C14H21N4O7P/c1-14(2,3)13(21)23-7-26(22)24-5-8-10(19)11(20)12(25-8)18-6-16-9(4-15)17-18/h6,8,10-12,19-20,26H,5,7H2,1-3H3/t8-,10-,11-,12-/m1/s1. The van der Waals surface area contributed by atoms with Crippen molar-refractivity contribution in [3.63, 3.8) is 0 Å². The van der Waals surface area contributed by atoms with Gasteiger partial charge in [-0.15, -0.1) is 5.10 Å². The molecule has 0 aromatic carbocycles. The molecule has 0 bridgehead atoms. The Hall–Kier alpha value is -1.83. The molecule has 144 valence electrons. The summed E-state index contributed by atoms with van der Waals surface area (Å²) in [5.41, 5.74) is -0.718. The van der Waals surface area contributed by atoms with Crippen LogP contribution in [0.5, 0.6) is 0 Å². The summed E-state index contributed by atoms with van der Waals surface area (Å²) in [7, 11) is -2.70. The quantitative estimate of drug-likeness (QED) is 0.494. The van der Waals surface area contributed by atoms with Crippen molar-refractivity contribution in [3.05, 3.63) is 12.2 Å². The van der Waals surface area contributed by atoms with E-state index in [1.54, 1.807) is 26.8 Å². The number of hydrogen-bond donors (Lipinski definition) is 2. The third-order valence-corrected chi connectivity index (χ3v) is 4.42. The largest absolute Gasteiger partial charge is 0.455 e. The van der Waals surface area contributed by atoms with E-state index in [0.717, 1.165) is 4.68 Å². The average Bonchev–Trinajstić information content (AvgIpc) is 3.16. The van der Waals surface area contributed by atoms with Gasteiger partial charge in [0.2, 0.25) is 8.03 Å². The molecule has 26 heavy (non-hydrogen) atoms. The molecule has 1 aromatic rings. The second-order valence-electron chi connectivity index (χ2n) is 6.72. The molecule has 0 aliphatic carbocycles. The number of nitrogens with zero attached hydrogens (tertiary/aromatic N) is 4. The van der Waals surface area contributed by atoms with E-state index in [0.29, 0.717) is 0 Å². The van der Waals surface area contributed by atoms with Crippen LogP contribution in [0.4, 0.5) is 0 Å². The molecule has 12 heteroatoms. The lowest BCUT2D eigenvalue weighted by Gasteiger charge is -2.17. The van der Waals surface area contributed by atoms with Crippen LogP contribution in [0.2, 0.25) is 0 Å². The molecule has 2 heterocycles. The number of carbonyl (C=O) groups is 1. The smallest absolute Gasteiger partial charge is 0.311 e. The minimum absolute atomic E-state index is 0.110. The number of esters is 1. The van der Waals surface area contributed by atoms with Gasteiger partial charge in [0, 0.05) is 0 Å². The van der Waals surface area contributed by atoms with Crippen LogP contribution in [0.3, 0.4) is 0 Å². The highest BCUT2D eigenvalue weighted by molar-refractivity contribution is 7.38. The monoisotopic (exact) mass is 388 g/mol. The van der Waals surface area contributed by atoms with Crippen molar-refractivity contribution in [1.82, 2.24) is 14.8 Å². The highest BCUT2D eigenvalue weighted by atomic mass is 31.1. The van der Waals surface area contributed by atoms with Gasteiger partial charge in [0.1, 0.15) is 30.7 Å². The molecule has 1 aromatic heterocycles. The van der Waals surface area contributed by atoms with E-state index in [9.17, 15) is 19.6 Å². The minimum atomic E-state index is -2.70. The van der Waals surface area contributed by atoms with Crippen molar-refractivity contribution in [1.29, 1.82) is 5.26 Å². The number of ether oxygens (including phenoxy) is 2. The van der Waals surface area contributed by atoms with Crippen molar-refractivity contribution in [3.8, 4) is 6.07 Å². The van der Waals surface area contributed by atoms with Gasteiger partial charge >= 0.3 is 5.97 Å². The fourth-order valence-corrected chi connectivity index (χ4v) is 2.77. The highest BCUT2D eigenvalue weighted by Crippen LogP contribution is 2.32. The summed E-state index contributed by atoms with van der Waals surface area (Å²) in [6, 6.07) is 1.74. The van der Waals surface area contributed by atoms with Crippen molar-refractivity contribution in [2.45, 2.75) is 45.3 Å². The molecule has 11 nitrogen and oxygen atoms in total. The van der Waals surface area contributed by atoms with Gasteiger partial charge in [0.05, 0.1) is 12.0 Å². The Bertz CT molecular complexity index is 711. The molecule has 1 unspecified atom stereocenters. The number of carbonyl (C=O) groups excluding carboxylic acids is 1. The molecule has 2 N–H and O–H groups in total. The van der Waals surface area contributed by atoms with Crippen LogP contribution in [0.1, 0.15) is 32.8 Å². The summed E-state index contributed by atoms with van der Waals surface area (Å²) >= 11 is 0. The molecular formula is C14H21N4O7P. The lowest BCUT2D eigenvalue weighted by molar-refractivity contribution is -0.150. The molecule has 0 saturated carbocycles. The molecule has 0 amide bonds. The van der Waals surface area contributed by atoms with E-state index < -0.39 is 44.0 Å². The maximum absolute atomic E-state index is 11.8. The first kappa shape index (κ1) is 20.5. The zero-order valence-electron chi connectivity index (χ0n) is 14.5. The first-order valence-corrected chi connectivity index (χ1v) is 9.31. The Balaban J connectivity index is 1.85. The van der Waals surface area contributed by atoms with E-state index in [2.05, 4.69) is 10.1 Å². The second-order valence-corrected chi connectivity index (χ2v) is 8.04. The summed E-state index contributed by atoms with van der Waals surface area (Å²) in [5, 5.41) is 32.6. The minimum Gasteiger partial charge on any atom is -0.455 e.